The fourth-order valence-corrected chi connectivity index (χ4v) is 4.05. The molecule has 34 heavy (non-hydrogen) atoms. The Morgan fingerprint density at radius 2 is 1.79 bits per heavy atom. The highest BCUT2D eigenvalue weighted by Crippen LogP contribution is 2.37. The molecule has 0 bridgehead atoms. The summed E-state index contributed by atoms with van der Waals surface area (Å²) in [5, 5.41) is 7.60. The van der Waals surface area contributed by atoms with Crippen LogP contribution in [0.5, 0.6) is 17.2 Å². The van der Waals surface area contributed by atoms with Gasteiger partial charge in [-0.2, -0.15) is 0 Å². The average molecular weight is 451 g/mol. The van der Waals surface area contributed by atoms with E-state index in [-0.39, 0.29) is 0 Å². The molecule has 2 N–H and O–H groups in total. The van der Waals surface area contributed by atoms with Gasteiger partial charge in [-0.05, 0) is 79.8 Å². The SMILES string of the molecule is C#Cc1nc(Nc2ccc(Oc3cccc(OC)c3)cc2)c2ccccc2n1.C1CC2CC2N1. The molecule has 2 aliphatic rings. The summed E-state index contributed by atoms with van der Waals surface area (Å²) >= 11 is 0. The fraction of sp³-hybridized carbons (Fsp3) is 0.214. The molecule has 1 aliphatic carbocycles. The van der Waals surface area contributed by atoms with Crippen molar-refractivity contribution in [2.24, 2.45) is 5.92 Å². The van der Waals surface area contributed by atoms with Gasteiger partial charge in [-0.25, -0.2) is 9.97 Å². The molecule has 4 aromatic rings. The standard InChI is InChI=1S/C23H17N3O2.C5H9N/c1-3-22-25-21-10-5-4-9-20(21)23(26-22)24-16-11-13-17(14-12-16)28-19-8-6-7-18(15-19)27-2;1-2-6-5-3-4(1)5/h1,4-15H,2H3,(H,24,25,26);4-6H,1-3H2. The third-order valence-corrected chi connectivity index (χ3v) is 5.97. The van der Waals surface area contributed by atoms with Crippen molar-refractivity contribution in [1.29, 1.82) is 0 Å². The van der Waals surface area contributed by atoms with Crippen LogP contribution in [0.1, 0.15) is 18.7 Å². The Morgan fingerprint density at radius 1 is 0.971 bits per heavy atom. The number of hydrogen-bond donors (Lipinski definition) is 2. The second kappa shape index (κ2) is 9.82. The van der Waals surface area contributed by atoms with Crippen LogP contribution in [0.4, 0.5) is 11.5 Å². The number of ether oxygens (including phenoxy) is 2. The summed E-state index contributed by atoms with van der Waals surface area (Å²) in [6.45, 7) is 1.29. The predicted octanol–water partition coefficient (Wildman–Crippen LogP) is 5.52. The molecule has 0 radical (unpaired) electrons. The summed E-state index contributed by atoms with van der Waals surface area (Å²) in [7, 11) is 1.63. The summed E-state index contributed by atoms with van der Waals surface area (Å²) in [4.78, 5) is 8.77. The first kappa shape index (κ1) is 21.7. The number of methoxy groups -OCH3 is 1. The zero-order chi connectivity index (χ0) is 23.3. The Kier molecular flexibility index (Phi) is 6.28. The van der Waals surface area contributed by atoms with E-state index in [4.69, 9.17) is 15.9 Å². The van der Waals surface area contributed by atoms with Gasteiger partial charge in [0, 0.05) is 23.2 Å². The van der Waals surface area contributed by atoms with E-state index in [0.29, 0.717) is 17.4 Å². The number of benzene rings is 3. The van der Waals surface area contributed by atoms with Crippen molar-refractivity contribution in [3.8, 4) is 29.6 Å². The number of anilines is 2. The molecular formula is C28H26N4O2. The molecule has 6 nitrogen and oxygen atoms in total. The van der Waals surface area contributed by atoms with Gasteiger partial charge >= 0.3 is 0 Å². The summed E-state index contributed by atoms with van der Waals surface area (Å²) in [5.41, 5.74) is 1.66. The molecule has 6 heteroatoms. The second-order valence-corrected chi connectivity index (χ2v) is 8.33. The normalized spacial score (nSPS) is 17.6. The molecule has 1 saturated carbocycles. The number of fused-ring (bicyclic) bond motifs is 2. The molecule has 1 saturated heterocycles. The largest absolute Gasteiger partial charge is 0.497 e. The van der Waals surface area contributed by atoms with Crippen LogP contribution in [-0.4, -0.2) is 29.7 Å². The lowest BCUT2D eigenvalue weighted by Crippen LogP contribution is -2.10. The summed E-state index contributed by atoms with van der Waals surface area (Å²) in [5.74, 6) is 6.79. The van der Waals surface area contributed by atoms with Crippen molar-refractivity contribution < 1.29 is 9.47 Å². The van der Waals surface area contributed by atoms with Crippen LogP contribution in [0.25, 0.3) is 10.9 Å². The zero-order valence-corrected chi connectivity index (χ0v) is 19.0. The molecule has 2 heterocycles. The van der Waals surface area contributed by atoms with Crippen molar-refractivity contribution in [2.75, 3.05) is 19.0 Å². The van der Waals surface area contributed by atoms with Gasteiger partial charge in [0.05, 0.1) is 12.6 Å². The number of nitrogens with one attached hydrogen (secondary N) is 2. The average Bonchev–Trinajstić information content (AvgIpc) is 3.49. The highest BCUT2D eigenvalue weighted by molar-refractivity contribution is 5.91. The van der Waals surface area contributed by atoms with Crippen molar-refractivity contribution >= 4 is 22.4 Å². The molecule has 6 rings (SSSR count). The van der Waals surface area contributed by atoms with Gasteiger partial charge in [-0.15, -0.1) is 6.42 Å². The van der Waals surface area contributed by atoms with Crippen LogP contribution in [0.2, 0.25) is 0 Å². The first-order chi connectivity index (χ1) is 16.7. The molecule has 2 fully saturated rings. The van der Waals surface area contributed by atoms with Gasteiger partial charge < -0.3 is 20.1 Å². The third kappa shape index (κ3) is 5.11. The maximum atomic E-state index is 5.87. The molecule has 2 atom stereocenters. The number of piperidine rings is 1. The summed E-state index contributed by atoms with van der Waals surface area (Å²) in [6, 6.07) is 23.8. The van der Waals surface area contributed by atoms with Crippen molar-refractivity contribution in [3.05, 3.63) is 78.6 Å². The third-order valence-electron chi connectivity index (χ3n) is 5.97. The van der Waals surface area contributed by atoms with Crippen LogP contribution in [0.15, 0.2) is 72.8 Å². The van der Waals surface area contributed by atoms with E-state index in [1.54, 1.807) is 7.11 Å². The molecule has 1 aromatic heterocycles. The zero-order valence-electron chi connectivity index (χ0n) is 19.0. The van der Waals surface area contributed by atoms with Crippen LogP contribution in [-0.2, 0) is 0 Å². The quantitative estimate of drug-likeness (QED) is 0.390. The number of rotatable bonds is 5. The minimum Gasteiger partial charge on any atom is -0.497 e. The summed E-state index contributed by atoms with van der Waals surface area (Å²) in [6.07, 6.45) is 8.41. The van der Waals surface area contributed by atoms with E-state index in [1.165, 1.54) is 19.4 Å². The number of aromatic nitrogens is 2. The maximum absolute atomic E-state index is 5.87. The van der Waals surface area contributed by atoms with Crippen LogP contribution in [0.3, 0.4) is 0 Å². The first-order valence-corrected chi connectivity index (χ1v) is 11.4. The van der Waals surface area contributed by atoms with Gasteiger partial charge in [0.2, 0.25) is 5.82 Å². The molecule has 0 amide bonds. The van der Waals surface area contributed by atoms with E-state index in [1.807, 2.05) is 72.8 Å². The minimum atomic E-state index is 0.346. The molecule has 3 aromatic carbocycles. The highest BCUT2D eigenvalue weighted by Gasteiger charge is 2.40. The predicted molar refractivity (Wildman–Crippen MR) is 135 cm³/mol. The van der Waals surface area contributed by atoms with Crippen molar-refractivity contribution in [1.82, 2.24) is 15.3 Å². The van der Waals surface area contributed by atoms with Gasteiger partial charge in [-0.3, -0.25) is 0 Å². The maximum Gasteiger partial charge on any atom is 0.207 e. The summed E-state index contributed by atoms with van der Waals surface area (Å²) < 4.78 is 11.1. The van der Waals surface area contributed by atoms with E-state index in [9.17, 15) is 0 Å². The van der Waals surface area contributed by atoms with E-state index < -0.39 is 0 Å². The van der Waals surface area contributed by atoms with E-state index >= 15 is 0 Å². The monoisotopic (exact) mass is 450 g/mol. The number of para-hydroxylation sites is 1. The van der Waals surface area contributed by atoms with E-state index in [2.05, 4.69) is 26.5 Å². The van der Waals surface area contributed by atoms with Crippen LogP contribution in [0, 0.1) is 18.3 Å². The fourth-order valence-electron chi connectivity index (χ4n) is 4.05. The second-order valence-electron chi connectivity index (χ2n) is 8.33. The van der Waals surface area contributed by atoms with Gasteiger partial charge in [0.15, 0.2) is 0 Å². The highest BCUT2D eigenvalue weighted by atomic mass is 16.5. The Labute approximate surface area is 199 Å². The molecule has 0 spiro atoms. The first-order valence-electron chi connectivity index (χ1n) is 11.4. The van der Waals surface area contributed by atoms with Gasteiger partial charge in [0.1, 0.15) is 23.1 Å². The Hall–Kier alpha value is -4.08. The molecular weight excluding hydrogens is 424 g/mol. The van der Waals surface area contributed by atoms with E-state index in [0.717, 1.165) is 40.0 Å². The topological polar surface area (TPSA) is 68.3 Å². The van der Waals surface area contributed by atoms with Crippen molar-refractivity contribution in [2.45, 2.75) is 18.9 Å². The number of terminal acetylenes is 1. The molecule has 1 aliphatic heterocycles. The van der Waals surface area contributed by atoms with Crippen molar-refractivity contribution in [3.63, 3.8) is 0 Å². The van der Waals surface area contributed by atoms with Gasteiger partial charge in [0.25, 0.3) is 0 Å². The Morgan fingerprint density at radius 3 is 2.47 bits per heavy atom. The molecule has 170 valence electrons. The van der Waals surface area contributed by atoms with Crippen LogP contribution >= 0.6 is 0 Å². The lowest BCUT2D eigenvalue weighted by atomic mass is 10.2. The smallest absolute Gasteiger partial charge is 0.207 e. The lowest BCUT2D eigenvalue weighted by molar-refractivity contribution is 0.409. The van der Waals surface area contributed by atoms with Gasteiger partial charge in [-0.1, -0.05) is 18.2 Å². The van der Waals surface area contributed by atoms with Crippen LogP contribution < -0.4 is 20.1 Å². The minimum absolute atomic E-state index is 0.346. The Balaban J connectivity index is 0.000000343. The number of hydrogen-bond acceptors (Lipinski definition) is 6. The number of nitrogens with zero attached hydrogens (tertiary/aromatic N) is 2. The Bertz CT molecular complexity index is 1320. The lowest BCUT2D eigenvalue weighted by Gasteiger charge is -2.11. The molecule has 2 unspecified atom stereocenters.